The summed E-state index contributed by atoms with van der Waals surface area (Å²) < 4.78 is 5.12. The highest BCUT2D eigenvalue weighted by molar-refractivity contribution is 5.27. The van der Waals surface area contributed by atoms with Crippen molar-refractivity contribution in [2.75, 3.05) is 7.11 Å². The van der Waals surface area contributed by atoms with Crippen molar-refractivity contribution in [2.24, 2.45) is 0 Å². The molecule has 18 heavy (non-hydrogen) atoms. The molecule has 0 amide bonds. The van der Waals surface area contributed by atoms with Gasteiger partial charge in [0.25, 0.3) is 0 Å². The number of aromatic nitrogens is 2. The Kier molecular flexibility index (Phi) is 4.25. The highest BCUT2D eigenvalue weighted by atomic mass is 16.5. The molecule has 0 bridgehead atoms. The van der Waals surface area contributed by atoms with Gasteiger partial charge >= 0.3 is 0 Å². The Morgan fingerprint density at radius 2 is 1.83 bits per heavy atom. The number of benzene rings is 1. The first-order chi connectivity index (χ1) is 8.78. The summed E-state index contributed by atoms with van der Waals surface area (Å²) in [6.07, 6.45) is 3.58. The first kappa shape index (κ1) is 12.5. The van der Waals surface area contributed by atoms with Gasteiger partial charge in [-0.05, 0) is 24.6 Å². The van der Waals surface area contributed by atoms with Crippen molar-refractivity contribution >= 4 is 0 Å². The predicted octanol–water partition coefficient (Wildman–Crippen LogP) is 2.08. The van der Waals surface area contributed by atoms with Gasteiger partial charge in [-0.2, -0.15) is 0 Å². The van der Waals surface area contributed by atoms with Crippen molar-refractivity contribution in [3.8, 4) is 5.75 Å². The predicted molar refractivity (Wildman–Crippen MR) is 70.3 cm³/mol. The zero-order valence-electron chi connectivity index (χ0n) is 10.7. The lowest BCUT2D eigenvalue weighted by molar-refractivity contribution is 0.414. The van der Waals surface area contributed by atoms with Crippen molar-refractivity contribution in [3.63, 3.8) is 0 Å². The Morgan fingerprint density at radius 1 is 1.06 bits per heavy atom. The van der Waals surface area contributed by atoms with Crippen LogP contribution in [0, 0.1) is 6.92 Å². The molecule has 0 saturated carbocycles. The number of nitrogens with one attached hydrogen (secondary N) is 1. The fourth-order valence-electron chi connectivity index (χ4n) is 1.59. The summed E-state index contributed by atoms with van der Waals surface area (Å²) >= 11 is 0. The topological polar surface area (TPSA) is 47.0 Å². The van der Waals surface area contributed by atoms with Crippen LogP contribution in [0.1, 0.15) is 17.0 Å². The maximum atomic E-state index is 5.12. The molecule has 4 heteroatoms. The lowest BCUT2D eigenvalue weighted by Gasteiger charge is -2.05. The van der Waals surface area contributed by atoms with Crippen LogP contribution in [0.15, 0.2) is 36.7 Å². The molecular formula is C14H17N3O. The molecule has 1 heterocycles. The summed E-state index contributed by atoms with van der Waals surface area (Å²) in [7, 11) is 1.67. The monoisotopic (exact) mass is 243 g/mol. The normalized spacial score (nSPS) is 10.3. The van der Waals surface area contributed by atoms with E-state index in [0.29, 0.717) is 0 Å². The van der Waals surface area contributed by atoms with Gasteiger partial charge in [0.05, 0.1) is 18.5 Å². The van der Waals surface area contributed by atoms with E-state index in [4.69, 9.17) is 4.74 Å². The Hall–Kier alpha value is -1.94. The lowest BCUT2D eigenvalue weighted by atomic mass is 10.2. The summed E-state index contributed by atoms with van der Waals surface area (Å²) in [5.74, 6) is 0.878. The quantitative estimate of drug-likeness (QED) is 0.873. The van der Waals surface area contributed by atoms with Crippen LogP contribution in [-0.4, -0.2) is 17.1 Å². The zero-order valence-corrected chi connectivity index (χ0v) is 10.7. The smallest absolute Gasteiger partial charge is 0.118 e. The van der Waals surface area contributed by atoms with Crippen molar-refractivity contribution in [2.45, 2.75) is 20.0 Å². The number of hydrogen-bond donors (Lipinski definition) is 1. The molecule has 2 rings (SSSR count). The maximum absolute atomic E-state index is 5.12. The Morgan fingerprint density at radius 3 is 2.44 bits per heavy atom. The SMILES string of the molecule is COc1ccc(CNCc2cnc(C)cn2)cc1. The van der Waals surface area contributed by atoms with E-state index in [9.17, 15) is 0 Å². The molecule has 0 aliphatic heterocycles. The van der Waals surface area contributed by atoms with Gasteiger partial charge in [-0.3, -0.25) is 9.97 Å². The van der Waals surface area contributed by atoms with Gasteiger partial charge < -0.3 is 10.1 Å². The summed E-state index contributed by atoms with van der Waals surface area (Å²) in [6.45, 7) is 3.46. The van der Waals surface area contributed by atoms with Crippen LogP contribution in [-0.2, 0) is 13.1 Å². The van der Waals surface area contributed by atoms with Gasteiger partial charge in [0.2, 0.25) is 0 Å². The van der Waals surface area contributed by atoms with Gasteiger partial charge in [-0.15, -0.1) is 0 Å². The van der Waals surface area contributed by atoms with E-state index < -0.39 is 0 Å². The molecule has 2 aromatic rings. The molecule has 1 aromatic carbocycles. The van der Waals surface area contributed by atoms with Gasteiger partial charge in [0, 0.05) is 25.5 Å². The number of ether oxygens (including phenoxy) is 1. The van der Waals surface area contributed by atoms with Gasteiger partial charge in [0.1, 0.15) is 5.75 Å². The third kappa shape index (κ3) is 3.53. The molecule has 1 N–H and O–H groups in total. The minimum atomic E-state index is 0.722. The molecule has 0 fully saturated rings. The van der Waals surface area contributed by atoms with E-state index in [1.165, 1.54) is 5.56 Å². The van der Waals surface area contributed by atoms with Crippen LogP contribution in [0.2, 0.25) is 0 Å². The minimum absolute atomic E-state index is 0.722. The third-order valence-corrected chi connectivity index (χ3v) is 2.63. The molecule has 0 aliphatic rings. The summed E-state index contributed by atoms with van der Waals surface area (Å²) in [6, 6.07) is 8.02. The van der Waals surface area contributed by atoms with Crippen molar-refractivity contribution in [3.05, 3.63) is 53.6 Å². The van der Waals surface area contributed by atoms with Gasteiger partial charge in [-0.25, -0.2) is 0 Å². The Balaban J connectivity index is 1.82. The van der Waals surface area contributed by atoms with Gasteiger partial charge in [-0.1, -0.05) is 12.1 Å². The number of nitrogens with zero attached hydrogens (tertiary/aromatic N) is 2. The second kappa shape index (κ2) is 6.12. The maximum Gasteiger partial charge on any atom is 0.118 e. The molecule has 0 saturated heterocycles. The summed E-state index contributed by atoms with van der Waals surface area (Å²) in [4.78, 5) is 8.50. The number of rotatable bonds is 5. The molecule has 94 valence electrons. The molecule has 0 atom stereocenters. The number of hydrogen-bond acceptors (Lipinski definition) is 4. The standard InChI is InChI=1S/C14H17N3O/c1-11-7-17-13(10-16-11)9-15-8-12-3-5-14(18-2)6-4-12/h3-7,10,15H,8-9H2,1-2H3. The van der Waals surface area contributed by atoms with Crippen molar-refractivity contribution < 1.29 is 4.74 Å². The molecule has 0 radical (unpaired) electrons. The van der Waals surface area contributed by atoms with Crippen LogP contribution in [0.3, 0.4) is 0 Å². The second-order valence-electron chi connectivity index (χ2n) is 4.10. The molecule has 4 nitrogen and oxygen atoms in total. The number of aryl methyl sites for hydroxylation is 1. The van der Waals surface area contributed by atoms with Crippen molar-refractivity contribution in [1.29, 1.82) is 0 Å². The van der Waals surface area contributed by atoms with E-state index in [0.717, 1.165) is 30.2 Å². The zero-order chi connectivity index (χ0) is 12.8. The largest absolute Gasteiger partial charge is 0.497 e. The first-order valence-corrected chi connectivity index (χ1v) is 5.89. The van der Waals surface area contributed by atoms with Crippen LogP contribution < -0.4 is 10.1 Å². The van der Waals surface area contributed by atoms with Crippen molar-refractivity contribution in [1.82, 2.24) is 15.3 Å². The van der Waals surface area contributed by atoms with Crippen LogP contribution in [0.5, 0.6) is 5.75 Å². The highest BCUT2D eigenvalue weighted by Gasteiger charge is 1.97. The van der Waals surface area contributed by atoms with E-state index >= 15 is 0 Å². The second-order valence-corrected chi connectivity index (χ2v) is 4.10. The van der Waals surface area contributed by atoms with E-state index in [2.05, 4.69) is 15.3 Å². The minimum Gasteiger partial charge on any atom is -0.497 e. The fourth-order valence-corrected chi connectivity index (χ4v) is 1.59. The van der Waals surface area contributed by atoms with Crippen LogP contribution in [0.25, 0.3) is 0 Å². The Labute approximate surface area is 107 Å². The molecule has 0 spiro atoms. The molecular weight excluding hydrogens is 226 g/mol. The average Bonchev–Trinajstić information content (AvgIpc) is 2.42. The summed E-state index contributed by atoms with van der Waals surface area (Å²) in [5, 5.41) is 3.33. The van der Waals surface area contributed by atoms with E-state index in [1.54, 1.807) is 19.5 Å². The van der Waals surface area contributed by atoms with Gasteiger partial charge in [0.15, 0.2) is 0 Å². The molecule has 1 aromatic heterocycles. The Bertz CT molecular complexity index is 479. The average molecular weight is 243 g/mol. The third-order valence-electron chi connectivity index (χ3n) is 2.63. The van der Waals surface area contributed by atoms with Crippen LogP contribution >= 0.6 is 0 Å². The van der Waals surface area contributed by atoms with Crippen LogP contribution in [0.4, 0.5) is 0 Å². The fraction of sp³-hybridized carbons (Fsp3) is 0.286. The highest BCUT2D eigenvalue weighted by Crippen LogP contribution is 2.10. The van der Waals surface area contributed by atoms with E-state index in [1.807, 2.05) is 31.2 Å². The first-order valence-electron chi connectivity index (χ1n) is 5.89. The van der Waals surface area contributed by atoms with E-state index in [-0.39, 0.29) is 0 Å². The number of methoxy groups -OCH3 is 1. The lowest BCUT2D eigenvalue weighted by Crippen LogP contribution is -2.13. The molecule has 0 aliphatic carbocycles. The molecule has 0 unspecified atom stereocenters. The summed E-state index contributed by atoms with van der Waals surface area (Å²) in [5.41, 5.74) is 3.11.